The van der Waals surface area contributed by atoms with E-state index in [1.165, 1.54) is 97.1 Å². The minimum Gasteiger partial charge on any atom is -0.310 e. The molecule has 0 bridgehead atoms. The van der Waals surface area contributed by atoms with Gasteiger partial charge >= 0.3 is 0 Å². The molecule has 1 aliphatic carbocycles. The van der Waals surface area contributed by atoms with Gasteiger partial charge in [0, 0.05) is 25.3 Å². The summed E-state index contributed by atoms with van der Waals surface area (Å²) in [4.78, 5) is 8.16. The van der Waals surface area contributed by atoms with Crippen molar-refractivity contribution < 1.29 is 0 Å². The average molecular weight is 804 g/mol. The largest absolute Gasteiger partial charge is 0.310 e. The van der Waals surface area contributed by atoms with Crippen LogP contribution in [0.25, 0.3) is 11.1 Å². The van der Waals surface area contributed by atoms with Crippen LogP contribution >= 0.6 is 17.9 Å². The zero-order chi connectivity index (χ0) is 40.0. The quantitative estimate of drug-likeness (QED) is 0.160. The predicted molar refractivity (Wildman–Crippen MR) is 254 cm³/mol. The maximum Gasteiger partial charge on any atom is 0.0754 e. The van der Waals surface area contributed by atoms with E-state index in [1.54, 1.807) is 0 Å². The number of anilines is 3. The van der Waals surface area contributed by atoms with Crippen LogP contribution in [0.4, 0.5) is 17.1 Å². The van der Waals surface area contributed by atoms with Crippen molar-refractivity contribution in [1.82, 2.24) is 0 Å². The highest BCUT2D eigenvalue weighted by molar-refractivity contribution is 8.34. The van der Waals surface area contributed by atoms with Gasteiger partial charge in [-0.15, -0.1) is 10.0 Å². The number of hydrogen-bond acceptors (Lipinski definition) is 1. The highest BCUT2D eigenvalue weighted by atomic mass is 32.3. The molecular formula is C57H42NPS. The Labute approximate surface area is 355 Å². The molecule has 0 N–H and O–H groups in total. The standard InChI is InChI=1S/C57H42NPS/c1-39-30-33-51-49(36-39)57(47-26-14-12-24-45(47)46-25-13-15-27-48(46)57)50-37-40(2)31-34-52(50)58(51)41-32-35-54-56(38-41)60(43-20-8-4-9-21-43,44-22-10-5-11-23-44)55-29-17-16-28-53(55)59(54)42-18-6-3-7-19-42/h3-38H,1-2H3. The molecule has 60 heavy (non-hydrogen) atoms. The van der Waals surface area contributed by atoms with Crippen molar-refractivity contribution in [3.8, 4) is 11.1 Å². The second-order valence-corrected chi connectivity index (χ2v) is 21.4. The molecule has 0 saturated heterocycles. The zero-order valence-corrected chi connectivity index (χ0v) is 35.3. The van der Waals surface area contributed by atoms with Gasteiger partial charge in [-0.25, -0.2) is 0 Å². The fraction of sp³-hybridized carbons (Fsp3) is 0.0526. The summed E-state index contributed by atoms with van der Waals surface area (Å²) in [5.74, 6) is 0. The highest BCUT2D eigenvalue weighted by Gasteiger charge is 2.52. The van der Waals surface area contributed by atoms with Crippen molar-refractivity contribution in [1.29, 1.82) is 0 Å². The van der Waals surface area contributed by atoms with Gasteiger partial charge in [0.05, 0.1) is 16.8 Å². The Hall–Kier alpha value is -6.44. The summed E-state index contributed by atoms with van der Waals surface area (Å²) in [5, 5.41) is 4.26. The third-order valence-corrected chi connectivity index (χ3v) is 19.8. The lowest BCUT2D eigenvalue weighted by Crippen LogP contribution is -2.37. The van der Waals surface area contributed by atoms with Crippen LogP contribution < -0.4 is 20.8 Å². The van der Waals surface area contributed by atoms with Gasteiger partial charge in [0.2, 0.25) is 0 Å². The van der Waals surface area contributed by atoms with E-state index >= 15 is 0 Å². The number of hydrogen-bond donors (Lipinski definition) is 0. The molecule has 0 amide bonds. The van der Waals surface area contributed by atoms with Gasteiger partial charge < -0.3 is 4.90 Å². The molecule has 9 aromatic rings. The first kappa shape index (κ1) is 35.5. The van der Waals surface area contributed by atoms with E-state index in [2.05, 4.69) is 237 Å². The van der Waals surface area contributed by atoms with E-state index in [0.29, 0.717) is 0 Å². The van der Waals surface area contributed by atoms with Crippen molar-refractivity contribution in [3.63, 3.8) is 0 Å². The third-order valence-electron chi connectivity index (χ3n) is 13.0. The molecule has 1 atom stereocenters. The summed E-state index contributed by atoms with van der Waals surface area (Å²) in [6.45, 7) is 4.49. The normalized spacial score (nSPS) is 16.4. The molecule has 3 heteroatoms. The van der Waals surface area contributed by atoms with Gasteiger partial charge in [0.1, 0.15) is 0 Å². The smallest absolute Gasteiger partial charge is 0.0754 e. The number of aryl methyl sites for hydroxylation is 2. The van der Waals surface area contributed by atoms with Gasteiger partial charge in [-0.1, -0.05) is 175 Å². The minimum atomic E-state index is -1.96. The zero-order valence-electron chi connectivity index (χ0n) is 33.6. The Morgan fingerprint density at radius 2 is 0.883 bits per heavy atom. The SMILES string of the molecule is Cc1ccc2c(c1)C1(c3ccccc3-c3ccccc31)c1cc(C)ccc1N2c1ccc2c(c1)S(c1ccccc1)(c1ccccc1)c1ccccc1P2c1ccccc1. The molecule has 2 heterocycles. The lowest BCUT2D eigenvalue weighted by atomic mass is 9.64. The maximum atomic E-state index is 2.60. The molecular weight excluding hydrogens is 762 g/mol. The van der Waals surface area contributed by atoms with E-state index in [1.807, 2.05) is 0 Å². The van der Waals surface area contributed by atoms with E-state index in [9.17, 15) is 0 Å². The molecule has 1 spiro atoms. The minimum absolute atomic E-state index is 0.468. The maximum absolute atomic E-state index is 2.60. The Balaban J connectivity index is 1.20. The highest BCUT2D eigenvalue weighted by Crippen LogP contribution is 2.76. The second kappa shape index (κ2) is 13.5. The molecule has 9 aromatic carbocycles. The van der Waals surface area contributed by atoms with Crippen LogP contribution in [0.15, 0.2) is 238 Å². The Bertz CT molecular complexity index is 3000. The lowest BCUT2D eigenvalue weighted by Gasteiger charge is -2.50. The van der Waals surface area contributed by atoms with Crippen molar-refractivity contribution in [3.05, 3.63) is 252 Å². The molecule has 3 aliphatic rings. The molecule has 0 aromatic heterocycles. The summed E-state index contributed by atoms with van der Waals surface area (Å²) in [5.41, 5.74) is 13.7. The van der Waals surface area contributed by atoms with Crippen LogP contribution in [0, 0.1) is 13.8 Å². The van der Waals surface area contributed by atoms with Crippen LogP contribution in [0.1, 0.15) is 33.4 Å². The average Bonchev–Trinajstić information content (AvgIpc) is 3.60. The molecule has 286 valence electrons. The van der Waals surface area contributed by atoms with Gasteiger partial charge in [0.15, 0.2) is 0 Å². The topological polar surface area (TPSA) is 3.24 Å². The fourth-order valence-electron chi connectivity index (χ4n) is 10.6. The molecule has 0 fully saturated rings. The molecule has 12 rings (SSSR count). The van der Waals surface area contributed by atoms with E-state index < -0.39 is 23.4 Å². The third kappa shape index (κ3) is 4.81. The summed E-state index contributed by atoms with van der Waals surface area (Å²) in [6, 6.07) is 83.4. The van der Waals surface area contributed by atoms with E-state index in [0.717, 1.165) is 0 Å². The number of fused-ring (bicyclic) bond motifs is 11. The van der Waals surface area contributed by atoms with Crippen molar-refractivity contribution in [2.24, 2.45) is 0 Å². The lowest BCUT2D eigenvalue weighted by molar-refractivity contribution is 0.750. The Kier molecular flexibility index (Phi) is 8.02. The summed E-state index contributed by atoms with van der Waals surface area (Å²) >= 11 is 0. The van der Waals surface area contributed by atoms with Crippen LogP contribution in [0.2, 0.25) is 0 Å². The molecule has 0 saturated carbocycles. The fourth-order valence-corrected chi connectivity index (χ4v) is 18.3. The first-order chi connectivity index (χ1) is 29.6. The van der Waals surface area contributed by atoms with Gasteiger partial charge in [-0.2, -0.15) is 0 Å². The first-order valence-corrected chi connectivity index (χ1v) is 23.8. The monoisotopic (exact) mass is 803 g/mol. The van der Waals surface area contributed by atoms with Crippen molar-refractivity contribution in [2.75, 3.05) is 4.90 Å². The number of rotatable bonds is 4. The summed E-state index contributed by atoms with van der Waals surface area (Å²) in [7, 11) is -2.81. The Morgan fingerprint density at radius 3 is 1.47 bits per heavy atom. The second-order valence-electron chi connectivity index (χ2n) is 16.2. The van der Waals surface area contributed by atoms with Crippen LogP contribution in [-0.4, -0.2) is 0 Å². The Morgan fingerprint density at radius 1 is 0.400 bits per heavy atom. The van der Waals surface area contributed by atoms with Crippen molar-refractivity contribution in [2.45, 2.75) is 38.8 Å². The van der Waals surface area contributed by atoms with Gasteiger partial charge in [-0.3, -0.25) is 0 Å². The van der Waals surface area contributed by atoms with Gasteiger partial charge in [-0.05, 0) is 126 Å². The first-order valence-electron chi connectivity index (χ1n) is 20.8. The number of benzene rings is 9. The predicted octanol–water partition coefficient (Wildman–Crippen LogP) is 13.9. The summed E-state index contributed by atoms with van der Waals surface area (Å²) < 4.78 is 0. The molecule has 1 nitrogen and oxygen atoms in total. The molecule has 0 radical (unpaired) electrons. The van der Waals surface area contributed by atoms with Crippen LogP contribution in [-0.2, 0) is 5.41 Å². The van der Waals surface area contributed by atoms with Gasteiger partial charge in [0.25, 0.3) is 0 Å². The van der Waals surface area contributed by atoms with Crippen LogP contribution in [0.5, 0.6) is 0 Å². The number of nitrogens with zero attached hydrogens (tertiary/aromatic N) is 1. The van der Waals surface area contributed by atoms with E-state index in [4.69, 9.17) is 0 Å². The van der Waals surface area contributed by atoms with Crippen molar-refractivity contribution >= 4 is 50.9 Å². The van der Waals surface area contributed by atoms with Crippen LogP contribution in [0.3, 0.4) is 0 Å². The molecule has 1 unspecified atom stereocenters. The molecule has 2 aliphatic heterocycles. The summed E-state index contributed by atoms with van der Waals surface area (Å²) in [6.07, 6.45) is 0. The van der Waals surface area contributed by atoms with E-state index in [-0.39, 0.29) is 0 Å².